The Balaban J connectivity index is 1.54. The maximum absolute atomic E-state index is 11.4. The number of ether oxygens (including phenoxy) is 1. The number of piperidine rings is 1. The molecular weight excluding hydrogens is 569 g/mol. The molecule has 0 amide bonds. The predicted octanol–water partition coefficient (Wildman–Crippen LogP) is 5.21. The number of hydrogen-bond donors (Lipinski definition) is 3. The zero-order valence-corrected chi connectivity index (χ0v) is 24.4. The molecule has 210 valence electrons. The molecule has 1 aromatic heterocycles. The fourth-order valence-electron chi connectivity index (χ4n) is 4.90. The van der Waals surface area contributed by atoms with Gasteiger partial charge in [0.15, 0.2) is 0 Å². The second-order valence-corrected chi connectivity index (χ2v) is 12.6. The molecule has 1 aliphatic rings. The van der Waals surface area contributed by atoms with E-state index in [4.69, 9.17) is 32.9 Å². The van der Waals surface area contributed by atoms with Gasteiger partial charge in [0.25, 0.3) is 0 Å². The number of rotatable bonds is 10. The van der Waals surface area contributed by atoms with Crippen LogP contribution in [0.5, 0.6) is 6.01 Å². The van der Waals surface area contributed by atoms with E-state index in [9.17, 15) is 8.42 Å². The van der Waals surface area contributed by atoms with Crippen LogP contribution in [-0.2, 0) is 10.0 Å². The van der Waals surface area contributed by atoms with Gasteiger partial charge in [-0.2, -0.15) is 9.97 Å². The molecule has 4 aromatic rings. The Morgan fingerprint density at radius 2 is 1.52 bits per heavy atom. The summed E-state index contributed by atoms with van der Waals surface area (Å²) in [5.74, 6) is 0.624. The molecule has 3 N–H and O–H groups in total. The van der Waals surface area contributed by atoms with Crippen LogP contribution in [0.1, 0.15) is 35.4 Å². The minimum Gasteiger partial charge on any atom is -0.462 e. The first-order chi connectivity index (χ1) is 19.2. The molecule has 0 radical (unpaired) electrons. The molecule has 1 fully saturated rings. The average molecular weight is 601 g/mol. The Kier molecular flexibility index (Phi) is 9.07. The van der Waals surface area contributed by atoms with Gasteiger partial charge in [-0.25, -0.2) is 13.1 Å². The summed E-state index contributed by atoms with van der Waals surface area (Å²) in [4.78, 5) is 9.36. The van der Waals surface area contributed by atoms with Crippen molar-refractivity contribution in [2.24, 2.45) is 0 Å². The number of benzene rings is 3. The highest BCUT2D eigenvalue weighted by Crippen LogP contribution is 2.36. The van der Waals surface area contributed by atoms with E-state index in [1.165, 1.54) is 0 Å². The van der Waals surface area contributed by atoms with Crippen molar-refractivity contribution >= 4 is 49.9 Å². The fourth-order valence-corrected chi connectivity index (χ4v) is 5.60. The summed E-state index contributed by atoms with van der Waals surface area (Å²) in [5, 5.41) is 9.25. The molecule has 0 bridgehead atoms. The van der Waals surface area contributed by atoms with Crippen molar-refractivity contribution in [3.05, 3.63) is 93.5 Å². The van der Waals surface area contributed by atoms with Crippen molar-refractivity contribution in [1.29, 1.82) is 0 Å². The Bertz CT molecular complexity index is 1520. The minimum absolute atomic E-state index is 0.0661. The molecule has 1 aliphatic heterocycles. The second-order valence-electron chi connectivity index (χ2n) is 9.85. The fraction of sp³-hybridized carbons (Fsp3) is 0.310. The van der Waals surface area contributed by atoms with E-state index in [-0.39, 0.29) is 31.1 Å². The Morgan fingerprint density at radius 1 is 0.925 bits per heavy atom. The third kappa shape index (κ3) is 7.41. The van der Waals surface area contributed by atoms with Gasteiger partial charge in [0, 0.05) is 33.9 Å². The van der Waals surface area contributed by atoms with Gasteiger partial charge in [-0.1, -0.05) is 53.5 Å². The minimum atomic E-state index is -3.31. The number of anilines is 1. The summed E-state index contributed by atoms with van der Waals surface area (Å²) < 4.78 is 31.0. The maximum atomic E-state index is 11.4. The molecule has 0 spiro atoms. The van der Waals surface area contributed by atoms with Crippen LogP contribution in [0.2, 0.25) is 10.0 Å². The second kappa shape index (κ2) is 12.7. The summed E-state index contributed by atoms with van der Waals surface area (Å²) in [6, 6.07) is 22.4. The van der Waals surface area contributed by atoms with Crippen molar-refractivity contribution in [2.45, 2.75) is 24.8 Å². The van der Waals surface area contributed by atoms with Crippen LogP contribution >= 0.6 is 23.2 Å². The van der Waals surface area contributed by atoms with Crippen molar-refractivity contribution < 1.29 is 13.2 Å². The molecule has 3 aromatic carbocycles. The van der Waals surface area contributed by atoms with E-state index in [1.54, 1.807) is 0 Å². The molecule has 1 saturated heterocycles. The van der Waals surface area contributed by atoms with Crippen molar-refractivity contribution in [1.82, 2.24) is 20.0 Å². The van der Waals surface area contributed by atoms with E-state index in [0.717, 1.165) is 59.8 Å². The molecule has 0 atom stereocenters. The van der Waals surface area contributed by atoms with Gasteiger partial charge in [0.05, 0.1) is 11.8 Å². The van der Waals surface area contributed by atoms with Gasteiger partial charge in [-0.3, -0.25) is 0 Å². The first-order valence-electron chi connectivity index (χ1n) is 13.1. The number of nitrogens with one attached hydrogen (secondary N) is 3. The molecule has 11 heteroatoms. The Morgan fingerprint density at radius 3 is 2.12 bits per heavy atom. The number of halogens is 2. The van der Waals surface area contributed by atoms with E-state index >= 15 is 0 Å². The first-order valence-corrected chi connectivity index (χ1v) is 15.8. The van der Waals surface area contributed by atoms with Crippen LogP contribution in [0.25, 0.3) is 10.9 Å². The first kappa shape index (κ1) is 28.6. The van der Waals surface area contributed by atoms with E-state index < -0.39 is 10.0 Å². The largest absolute Gasteiger partial charge is 0.462 e. The monoisotopic (exact) mass is 599 g/mol. The molecule has 40 heavy (non-hydrogen) atoms. The molecule has 0 unspecified atom stereocenters. The van der Waals surface area contributed by atoms with Crippen molar-refractivity contribution in [3.63, 3.8) is 0 Å². The van der Waals surface area contributed by atoms with Gasteiger partial charge >= 0.3 is 6.01 Å². The summed E-state index contributed by atoms with van der Waals surface area (Å²) in [5.41, 5.74) is 3.99. The SMILES string of the molecule is CS(=O)(=O)NCCOc1nc(NC2CCNCC2)c2cc(C(c3ccc(Cl)cc3)c3ccc(Cl)cc3)ccc2n1. The Labute approximate surface area is 244 Å². The quantitative estimate of drug-likeness (QED) is 0.170. The zero-order chi connectivity index (χ0) is 28.1. The summed E-state index contributed by atoms with van der Waals surface area (Å²) in [6.45, 7) is 2.10. The predicted molar refractivity (Wildman–Crippen MR) is 161 cm³/mol. The van der Waals surface area contributed by atoms with Crippen LogP contribution in [0.4, 0.5) is 5.82 Å². The van der Waals surface area contributed by atoms with Crippen molar-refractivity contribution in [3.8, 4) is 6.01 Å². The lowest BCUT2D eigenvalue weighted by atomic mass is 9.84. The number of sulfonamides is 1. The molecule has 0 aliphatic carbocycles. The van der Waals surface area contributed by atoms with E-state index in [2.05, 4.69) is 32.5 Å². The van der Waals surface area contributed by atoms with Gasteiger partial charge in [0.2, 0.25) is 10.0 Å². The van der Waals surface area contributed by atoms with Gasteiger partial charge in [-0.15, -0.1) is 0 Å². The van der Waals surface area contributed by atoms with Crippen molar-refractivity contribution in [2.75, 3.05) is 37.8 Å². The van der Waals surface area contributed by atoms with Gasteiger partial charge in [-0.05, 0) is 79.0 Å². The summed E-state index contributed by atoms with van der Waals surface area (Å²) in [6.07, 6.45) is 3.05. The lowest BCUT2D eigenvalue weighted by molar-refractivity contribution is 0.299. The highest BCUT2D eigenvalue weighted by molar-refractivity contribution is 7.88. The molecule has 8 nitrogen and oxygen atoms in total. The van der Waals surface area contributed by atoms with E-state index in [0.29, 0.717) is 15.9 Å². The highest BCUT2D eigenvalue weighted by Gasteiger charge is 2.21. The molecule has 5 rings (SSSR count). The normalized spacial score (nSPS) is 14.5. The Hall–Kier alpha value is -2.95. The topological polar surface area (TPSA) is 105 Å². The lowest BCUT2D eigenvalue weighted by Gasteiger charge is -2.25. The smallest absolute Gasteiger partial charge is 0.318 e. The van der Waals surface area contributed by atoms with Gasteiger partial charge in [0.1, 0.15) is 12.4 Å². The summed E-state index contributed by atoms with van der Waals surface area (Å²) in [7, 11) is -3.31. The third-order valence-electron chi connectivity index (χ3n) is 6.82. The maximum Gasteiger partial charge on any atom is 0.318 e. The van der Waals surface area contributed by atoms with Crippen LogP contribution in [0.3, 0.4) is 0 Å². The zero-order valence-electron chi connectivity index (χ0n) is 22.0. The average Bonchev–Trinajstić information content (AvgIpc) is 2.94. The molecular formula is C29H31Cl2N5O3S. The van der Waals surface area contributed by atoms with Crippen LogP contribution in [0.15, 0.2) is 66.7 Å². The standard InChI is InChI=1S/C29H31Cl2N5O3S/c1-40(37,38)33-16-17-39-29-35-26-11-6-21(18-25(26)28(36-29)34-24-12-14-32-15-13-24)27(19-2-7-22(30)8-3-19)20-4-9-23(31)10-5-20/h2-11,18,24,27,32-33H,12-17H2,1H3,(H,34,35,36). The van der Waals surface area contributed by atoms with Crippen LogP contribution in [0, 0.1) is 0 Å². The number of hydrogen-bond acceptors (Lipinski definition) is 7. The van der Waals surface area contributed by atoms with Gasteiger partial charge < -0.3 is 15.4 Å². The lowest BCUT2D eigenvalue weighted by Crippen LogP contribution is -2.35. The number of aromatic nitrogens is 2. The van der Waals surface area contributed by atoms with E-state index in [1.807, 2.05) is 54.6 Å². The molecule has 0 saturated carbocycles. The number of nitrogens with zero attached hydrogens (tertiary/aromatic N) is 2. The molecule has 2 heterocycles. The third-order valence-corrected chi connectivity index (χ3v) is 8.05. The summed E-state index contributed by atoms with van der Waals surface area (Å²) >= 11 is 12.4. The number of fused-ring (bicyclic) bond motifs is 1. The van der Waals surface area contributed by atoms with Crippen LogP contribution < -0.4 is 20.1 Å². The highest BCUT2D eigenvalue weighted by atomic mass is 35.5. The van der Waals surface area contributed by atoms with Crippen LogP contribution in [-0.4, -0.2) is 56.9 Å².